The van der Waals surface area contributed by atoms with Crippen molar-refractivity contribution < 1.29 is 0 Å². The van der Waals surface area contributed by atoms with Gasteiger partial charge in [0.2, 0.25) is 0 Å². The van der Waals surface area contributed by atoms with Crippen LogP contribution in [-0.2, 0) is 6.16 Å². The summed E-state index contributed by atoms with van der Waals surface area (Å²) in [5, 5.41) is 4.34. The summed E-state index contributed by atoms with van der Waals surface area (Å²) in [6.07, 6.45) is 1.03. The van der Waals surface area contributed by atoms with E-state index in [1.54, 1.807) is 0 Å². The van der Waals surface area contributed by atoms with E-state index in [0.717, 1.165) is 10.6 Å². The zero-order valence-electron chi connectivity index (χ0n) is 15.1. The van der Waals surface area contributed by atoms with Gasteiger partial charge in [-0.05, 0) is 0 Å². The van der Waals surface area contributed by atoms with Crippen LogP contribution < -0.4 is 15.9 Å². The summed E-state index contributed by atoms with van der Waals surface area (Å²) in [5.74, 6) is 0. The van der Waals surface area contributed by atoms with E-state index in [1.807, 2.05) is 0 Å². The van der Waals surface area contributed by atoms with Gasteiger partial charge < -0.3 is 0 Å². The van der Waals surface area contributed by atoms with Gasteiger partial charge >= 0.3 is 171 Å². The predicted octanol–water partition coefficient (Wildman–Crippen LogP) is 5.68. The van der Waals surface area contributed by atoms with Crippen molar-refractivity contribution in [3.8, 4) is 0 Å². The second-order valence-corrected chi connectivity index (χ2v) is 11.6. The first-order valence-corrected chi connectivity index (χ1v) is 12.2. The molecule has 0 heterocycles. The van der Waals surface area contributed by atoms with Crippen molar-refractivity contribution in [2.24, 2.45) is 0 Å². The van der Waals surface area contributed by atoms with Crippen LogP contribution >= 0.6 is 23.2 Å². The molecule has 0 saturated carbocycles. The van der Waals surface area contributed by atoms with Gasteiger partial charge in [-0.15, -0.1) is 0 Å². The van der Waals surface area contributed by atoms with Gasteiger partial charge in [0.1, 0.15) is 0 Å². The number of benzene rings is 4. The number of halogens is 1. The van der Waals surface area contributed by atoms with Crippen LogP contribution in [0, 0.1) is 0 Å². The predicted molar refractivity (Wildman–Crippen MR) is 124 cm³/mol. The fourth-order valence-electron chi connectivity index (χ4n) is 3.93. The molecule has 4 aromatic carbocycles. The molecule has 0 radical (unpaired) electrons. The molecule has 0 atom stereocenters. The van der Waals surface area contributed by atoms with Crippen LogP contribution in [0.3, 0.4) is 0 Å². The molecule has 4 aromatic rings. The normalized spacial score (nSPS) is 11.9. The van der Waals surface area contributed by atoms with Crippen molar-refractivity contribution in [1.82, 2.24) is 0 Å². The molecular weight excluding hydrogens is 411 g/mol. The molecule has 134 valence electrons. The third kappa shape index (κ3) is 3.76. The Morgan fingerprint density at radius 1 is 0.519 bits per heavy atom. The molecular formula is C25H22BrP. The van der Waals surface area contributed by atoms with E-state index < -0.39 is 7.26 Å². The van der Waals surface area contributed by atoms with Crippen molar-refractivity contribution in [2.45, 2.75) is 6.16 Å². The third-order valence-corrected chi connectivity index (χ3v) is 10.5. The summed E-state index contributed by atoms with van der Waals surface area (Å²) in [7, 11) is -2.21. The van der Waals surface area contributed by atoms with Crippen LogP contribution in [0.2, 0.25) is 0 Å². The Kier molecular flexibility index (Phi) is 5.53. The van der Waals surface area contributed by atoms with Crippen molar-refractivity contribution in [3.05, 3.63) is 125 Å². The van der Waals surface area contributed by atoms with Gasteiger partial charge in [-0.1, -0.05) is 0 Å². The summed E-state index contributed by atoms with van der Waals surface area (Å²) >= 11 is 3.65. The number of hydrogen-bond acceptors (Lipinski definition) is 0. The van der Waals surface area contributed by atoms with Crippen molar-refractivity contribution in [3.63, 3.8) is 0 Å². The standard InChI is InChI=1S/C25H22BrP/c26-22-12-10-11-21(19-22)20-27(23-13-4-1-5-14-23,24-15-6-2-7-16-24)25-17-8-3-9-18-25/h1-19,27H,20H2. The molecule has 0 unspecified atom stereocenters. The first kappa shape index (κ1) is 18.2. The molecule has 0 N–H and O–H groups in total. The van der Waals surface area contributed by atoms with Crippen LogP contribution in [0.5, 0.6) is 0 Å². The van der Waals surface area contributed by atoms with E-state index in [4.69, 9.17) is 0 Å². The third-order valence-electron chi connectivity index (χ3n) is 5.16. The fraction of sp³-hybridized carbons (Fsp3) is 0.0400. The summed E-state index contributed by atoms with van der Waals surface area (Å²) in [6, 6.07) is 42.0. The molecule has 27 heavy (non-hydrogen) atoms. The summed E-state index contributed by atoms with van der Waals surface area (Å²) < 4.78 is 1.14. The van der Waals surface area contributed by atoms with Crippen LogP contribution in [0.25, 0.3) is 0 Å². The topological polar surface area (TPSA) is 0 Å². The van der Waals surface area contributed by atoms with Crippen LogP contribution in [-0.4, -0.2) is 0 Å². The van der Waals surface area contributed by atoms with Gasteiger partial charge in [-0.2, -0.15) is 0 Å². The number of hydrogen-bond donors (Lipinski definition) is 0. The van der Waals surface area contributed by atoms with Gasteiger partial charge in [0.05, 0.1) is 0 Å². The van der Waals surface area contributed by atoms with Gasteiger partial charge in [0, 0.05) is 0 Å². The first-order valence-electron chi connectivity index (χ1n) is 9.20. The Bertz CT molecular complexity index is 901. The zero-order valence-corrected chi connectivity index (χ0v) is 17.6. The minimum atomic E-state index is -2.21. The molecule has 0 aliphatic rings. The molecule has 0 saturated heterocycles. The first-order chi connectivity index (χ1) is 13.3. The van der Waals surface area contributed by atoms with E-state index >= 15 is 0 Å². The van der Waals surface area contributed by atoms with Crippen molar-refractivity contribution in [1.29, 1.82) is 0 Å². The average molecular weight is 433 g/mol. The van der Waals surface area contributed by atoms with E-state index in [9.17, 15) is 0 Å². The van der Waals surface area contributed by atoms with Crippen molar-refractivity contribution >= 4 is 39.1 Å². The van der Waals surface area contributed by atoms with Crippen molar-refractivity contribution in [2.75, 3.05) is 0 Å². The van der Waals surface area contributed by atoms with E-state index in [0.29, 0.717) is 0 Å². The molecule has 2 heteroatoms. The van der Waals surface area contributed by atoms with Gasteiger partial charge in [-0.25, -0.2) is 0 Å². The molecule has 0 aromatic heterocycles. The van der Waals surface area contributed by atoms with Gasteiger partial charge in [0.15, 0.2) is 0 Å². The fourth-order valence-corrected chi connectivity index (χ4v) is 9.10. The average Bonchev–Trinajstić information content (AvgIpc) is 2.74. The molecule has 0 bridgehead atoms. The molecule has 0 fully saturated rings. The van der Waals surface area contributed by atoms with Crippen LogP contribution in [0.4, 0.5) is 0 Å². The maximum absolute atomic E-state index is 3.65. The van der Waals surface area contributed by atoms with E-state index in [2.05, 4.69) is 131 Å². The maximum atomic E-state index is 3.65. The molecule has 0 aliphatic heterocycles. The Balaban J connectivity index is 2.00. The Labute approximate surface area is 170 Å². The zero-order chi connectivity index (χ0) is 18.5. The quantitative estimate of drug-likeness (QED) is 0.356. The van der Waals surface area contributed by atoms with E-state index in [1.165, 1.54) is 21.5 Å². The SMILES string of the molecule is Brc1cccc(C[PH](c2ccccc2)(c2ccccc2)c2ccccc2)c1. The monoisotopic (exact) mass is 432 g/mol. The summed E-state index contributed by atoms with van der Waals surface area (Å²) in [6.45, 7) is 0. The molecule has 0 amide bonds. The van der Waals surface area contributed by atoms with Gasteiger partial charge in [0.25, 0.3) is 0 Å². The Morgan fingerprint density at radius 3 is 1.37 bits per heavy atom. The Hall–Kier alpha value is -2.21. The van der Waals surface area contributed by atoms with Crippen LogP contribution in [0.1, 0.15) is 5.56 Å². The second-order valence-electron chi connectivity index (χ2n) is 6.81. The minimum absolute atomic E-state index is 1.03. The van der Waals surface area contributed by atoms with Gasteiger partial charge in [-0.3, -0.25) is 0 Å². The molecule has 0 aliphatic carbocycles. The molecule has 0 nitrogen and oxygen atoms in total. The molecule has 0 spiro atoms. The van der Waals surface area contributed by atoms with E-state index in [-0.39, 0.29) is 0 Å². The molecule has 4 rings (SSSR count). The van der Waals surface area contributed by atoms with Crippen LogP contribution in [0.15, 0.2) is 120 Å². The summed E-state index contributed by atoms with van der Waals surface area (Å²) in [4.78, 5) is 0. The number of rotatable bonds is 5. The second kappa shape index (κ2) is 8.21. The summed E-state index contributed by atoms with van der Waals surface area (Å²) in [5.41, 5.74) is 1.37. The Morgan fingerprint density at radius 2 is 0.963 bits per heavy atom.